The number of sulfone groups is 2. The molecule has 4 aromatic carbocycles. The van der Waals surface area contributed by atoms with Crippen molar-refractivity contribution in [3.05, 3.63) is 94.0 Å². The molecule has 4 aromatic rings. The smallest absolute Gasteiger partial charge is 0.503 e. The van der Waals surface area contributed by atoms with Gasteiger partial charge >= 0.3 is 12.7 Å². The fourth-order valence-electron chi connectivity index (χ4n) is 5.14. The summed E-state index contributed by atoms with van der Waals surface area (Å²) in [5.74, 6) is -6.33. The van der Waals surface area contributed by atoms with Crippen molar-refractivity contribution >= 4 is 66.1 Å². The zero-order valence-electron chi connectivity index (χ0n) is 26.2. The van der Waals surface area contributed by atoms with Crippen LogP contribution in [0.15, 0.2) is 82.6 Å². The minimum atomic E-state index is -5.12. The summed E-state index contributed by atoms with van der Waals surface area (Å²) in [5.41, 5.74) is -0.432. The molecule has 22 heteroatoms. The Labute approximate surface area is 305 Å². The van der Waals surface area contributed by atoms with Crippen molar-refractivity contribution in [2.75, 3.05) is 28.7 Å². The van der Waals surface area contributed by atoms with Gasteiger partial charge in [0, 0.05) is 11.1 Å². The lowest BCUT2D eigenvalue weighted by Crippen LogP contribution is -2.30. The maximum atomic E-state index is 12.8. The Kier molecular flexibility index (Phi) is 10.5. The van der Waals surface area contributed by atoms with Gasteiger partial charge in [-0.15, -0.1) is 26.3 Å². The van der Waals surface area contributed by atoms with Crippen molar-refractivity contribution in [1.82, 2.24) is 0 Å². The number of fused-ring (bicyclic) bond motifs is 2. The van der Waals surface area contributed by atoms with E-state index in [-0.39, 0.29) is 37.3 Å². The molecule has 2 heterocycles. The number of phenols is 1. The summed E-state index contributed by atoms with van der Waals surface area (Å²) in [6, 6.07) is 15.0. The highest BCUT2D eigenvalue weighted by Crippen LogP contribution is 2.42. The number of nitrogens with zero attached hydrogens (tertiary/aromatic N) is 2. The maximum Gasteiger partial charge on any atom is 0.573 e. The van der Waals surface area contributed by atoms with E-state index in [1.807, 2.05) is 0 Å². The Balaban J connectivity index is 0.000000204. The summed E-state index contributed by atoms with van der Waals surface area (Å²) in [5, 5.41) is 8.75. The van der Waals surface area contributed by atoms with Crippen LogP contribution in [0.2, 0.25) is 10.0 Å². The monoisotopic (exact) mass is 828 g/mol. The number of phenolic OH excluding ortho intramolecular Hbond substituents is 1. The highest BCUT2D eigenvalue weighted by atomic mass is 35.5. The van der Waals surface area contributed by atoms with Crippen molar-refractivity contribution in [2.24, 2.45) is 0 Å². The summed E-state index contributed by atoms with van der Waals surface area (Å²) in [7, 11) is -6.39. The van der Waals surface area contributed by atoms with E-state index in [9.17, 15) is 57.9 Å². The minimum Gasteiger partial charge on any atom is -0.503 e. The standard InChI is InChI=1S/C16H11ClF3NO5S.C15H9ClF3NO5S/c1-25-14-10(17)6-9(7-12(14)26-16(18,19)20)15(22)21-8-27(23,24)13-5-3-2-4-11(13)21;16-9-5-8(6-11(13(9)21)25-15(17,18)19)14(22)20-7-26(23,24)12-4-2-1-3-10(12)20/h2-7H,8H2,1H3;1-6,21H,7H2. The Morgan fingerprint density at radius 3 is 1.51 bits per heavy atom. The molecule has 2 aliphatic rings. The molecule has 12 nitrogen and oxygen atoms in total. The first-order valence-electron chi connectivity index (χ1n) is 14.2. The summed E-state index contributed by atoms with van der Waals surface area (Å²) < 4.78 is 136. The van der Waals surface area contributed by atoms with Gasteiger partial charge in [0.1, 0.15) is 11.8 Å². The Hall–Kier alpha value is -4.92. The van der Waals surface area contributed by atoms with Crippen molar-refractivity contribution in [1.29, 1.82) is 0 Å². The minimum absolute atomic E-state index is 0.0373. The van der Waals surface area contributed by atoms with E-state index in [4.69, 9.17) is 27.9 Å². The van der Waals surface area contributed by atoms with Crippen LogP contribution in [0.5, 0.6) is 23.0 Å². The van der Waals surface area contributed by atoms with Gasteiger partial charge in [-0.05, 0) is 48.5 Å². The molecule has 0 saturated carbocycles. The number of amides is 2. The van der Waals surface area contributed by atoms with Gasteiger partial charge in [-0.1, -0.05) is 47.5 Å². The topological polar surface area (TPSA) is 157 Å². The van der Waals surface area contributed by atoms with Crippen molar-refractivity contribution < 1.29 is 72.1 Å². The van der Waals surface area contributed by atoms with Crippen molar-refractivity contribution in [3.63, 3.8) is 0 Å². The first-order chi connectivity index (χ1) is 24.5. The van der Waals surface area contributed by atoms with Crippen LogP contribution >= 0.6 is 23.2 Å². The lowest BCUT2D eigenvalue weighted by molar-refractivity contribution is -0.276. The van der Waals surface area contributed by atoms with Gasteiger partial charge in [-0.3, -0.25) is 19.4 Å². The number of hydrogen-bond acceptors (Lipinski definition) is 10. The van der Waals surface area contributed by atoms with E-state index >= 15 is 0 Å². The Morgan fingerprint density at radius 2 is 1.08 bits per heavy atom. The number of benzene rings is 4. The number of hydrogen-bond donors (Lipinski definition) is 1. The third-order valence-electron chi connectivity index (χ3n) is 7.26. The summed E-state index contributed by atoms with van der Waals surface area (Å²) in [4.78, 5) is 27.2. The van der Waals surface area contributed by atoms with Crippen LogP contribution in [0.25, 0.3) is 0 Å². The normalized spacial score (nSPS) is 15.5. The number of rotatable bonds is 5. The second kappa shape index (κ2) is 14.1. The molecule has 282 valence electrons. The third-order valence-corrected chi connectivity index (χ3v) is 11.1. The van der Waals surface area contributed by atoms with Crippen LogP contribution in [-0.2, 0) is 19.7 Å². The van der Waals surface area contributed by atoms with E-state index in [1.165, 1.54) is 42.5 Å². The average molecular weight is 830 g/mol. The number of aromatic hydroxyl groups is 1. The van der Waals surface area contributed by atoms with Crippen molar-refractivity contribution in [2.45, 2.75) is 22.5 Å². The number of alkyl halides is 6. The number of halogens is 8. The molecule has 0 aromatic heterocycles. The zero-order chi connectivity index (χ0) is 39.3. The highest BCUT2D eigenvalue weighted by molar-refractivity contribution is 7.92. The predicted octanol–water partition coefficient (Wildman–Crippen LogP) is 6.97. The van der Waals surface area contributed by atoms with E-state index < -0.39 is 84.0 Å². The lowest BCUT2D eigenvalue weighted by atomic mass is 10.1. The van der Waals surface area contributed by atoms with E-state index in [1.54, 1.807) is 6.07 Å². The van der Waals surface area contributed by atoms with Gasteiger partial charge < -0.3 is 19.3 Å². The highest BCUT2D eigenvalue weighted by Gasteiger charge is 2.39. The van der Waals surface area contributed by atoms with Crippen LogP contribution in [0.4, 0.5) is 37.7 Å². The second-order valence-electron chi connectivity index (χ2n) is 10.8. The van der Waals surface area contributed by atoms with Crippen molar-refractivity contribution in [3.8, 4) is 23.0 Å². The van der Waals surface area contributed by atoms with Crippen LogP contribution in [-0.4, -0.2) is 65.3 Å². The fourth-order valence-corrected chi connectivity index (χ4v) is 8.68. The molecule has 1 N–H and O–H groups in total. The van der Waals surface area contributed by atoms with Crippen LogP contribution in [0.1, 0.15) is 20.7 Å². The van der Waals surface area contributed by atoms with Crippen LogP contribution in [0.3, 0.4) is 0 Å². The molecule has 53 heavy (non-hydrogen) atoms. The van der Waals surface area contributed by atoms with Gasteiger partial charge in [0.2, 0.25) is 0 Å². The number of carbonyl (C=O) groups excluding carboxylic acids is 2. The quantitative estimate of drug-likeness (QED) is 0.208. The SMILES string of the molecule is COc1c(Cl)cc(C(=O)N2CS(=O)(=O)c3ccccc32)cc1OC(F)(F)F.O=C(c1cc(Cl)c(O)c(OC(F)(F)F)c1)N1CS(=O)(=O)c2ccccc21. The molecule has 0 aliphatic carbocycles. The number of anilines is 2. The van der Waals surface area contributed by atoms with Crippen LogP contribution < -0.4 is 24.0 Å². The molecule has 2 amide bonds. The molecular weight excluding hydrogens is 809 g/mol. The third kappa shape index (κ3) is 8.34. The Bertz CT molecular complexity index is 2360. The molecule has 0 fully saturated rings. The Morgan fingerprint density at radius 1 is 0.679 bits per heavy atom. The van der Waals surface area contributed by atoms with Crippen LogP contribution in [0, 0.1) is 0 Å². The molecule has 0 saturated heterocycles. The molecule has 0 spiro atoms. The molecule has 0 atom stereocenters. The van der Waals surface area contributed by atoms with E-state index in [2.05, 4.69) is 9.47 Å². The zero-order valence-corrected chi connectivity index (χ0v) is 29.3. The summed E-state index contributed by atoms with van der Waals surface area (Å²) >= 11 is 11.6. The molecule has 0 bridgehead atoms. The maximum absolute atomic E-state index is 12.8. The number of ether oxygens (including phenoxy) is 3. The largest absolute Gasteiger partial charge is 0.573 e. The molecule has 0 unspecified atom stereocenters. The summed E-state index contributed by atoms with van der Waals surface area (Å²) in [6.07, 6.45) is -10.2. The number of para-hydroxylation sites is 2. The van der Waals surface area contributed by atoms with E-state index in [0.717, 1.165) is 35.1 Å². The first-order valence-corrected chi connectivity index (χ1v) is 18.3. The number of carbonyl (C=O) groups is 2. The van der Waals surface area contributed by atoms with E-state index in [0.29, 0.717) is 6.07 Å². The molecular formula is C31H20Cl2F6N2O10S2. The fraction of sp³-hybridized carbons (Fsp3) is 0.161. The van der Waals surface area contributed by atoms with Gasteiger partial charge in [0.25, 0.3) is 11.8 Å². The first kappa shape index (κ1) is 39.3. The average Bonchev–Trinajstić information content (AvgIpc) is 3.50. The van der Waals surface area contributed by atoms with Gasteiger partial charge in [-0.2, -0.15) is 0 Å². The van der Waals surface area contributed by atoms with Gasteiger partial charge in [0.05, 0.1) is 38.3 Å². The molecule has 2 aliphatic heterocycles. The predicted molar refractivity (Wildman–Crippen MR) is 175 cm³/mol. The van der Waals surface area contributed by atoms with Gasteiger partial charge in [-0.25, -0.2) is 16.8 Å². The molecule has 6 rings (SSSR count). The lowest BCUT2D eigenvalue weighted by Gasteiger charge is -2.18. The van der Waals surface area contributed by atoms with Gasteiger partial charge in [0.15, 0.2) is 42.7 Å². The second-order valence-corrected chi connectivity index (χ2v) is 15.4. The molecule has 0 radical (unpaired) electrons. The summed E-state index contributed by atoms with van der Waals surface area (Å²) in [6.45, 7) is 0. The number of methoxy groups -OCH3 is 1.